The van der Waals surface area contributed by atoms with Gasteiger partial charge in [0.1, 0.15) is 11.5 Å². The van der Waals surface area contributed by atoms with Crippen molar-refractivity contribution in [1.82, 2.24) is 4.98 Å². The molecule has 0 unspecified atom stereocenters. The predicted octanol–water partition coefficient (Wildman–Crippen LogP) is 5.15. The first kappa shape index (κ1) is 21.2. The van der Waals surface area contributed by atoms with E-state index in [2.05, 4.69) is 9.88 Å². The third kappa shape index (κ3) is 5.02. The van der Waals surface area contributed by atoms with E-state index in [0.29, 0.717) is 30.5 Å². The van der Waals surface area contributed by atoms with Crippen molar-refractivity contribution in [2.24, 2.45) is 0 Å². The van der Waals surface area contributed by atoms with Crippen LogP contribution in [0, 0.1) is 6.92 Å². The maximum absolute atomic E-state index is 11.0. The lowest BCUT2D eigenvalue weighted by Crippen LogP contribution is -2.31. The molecule has 7 heteroatoms. The van der Waals surface area contributed by atoms with E-state index in [1.165, 1.54) is 0 Å². The second-order valence-corrected chi connectivity index (χ2v) is 8.05. The smallest absolute Gasteiger partial charge is 0.305 e. The summed E-state index contributed by atoms with van der Waals surface area (Å²) in [6, 6.07) is 13.4. The number of anilines is 1. The summed E-state index contributed by atoms with van der Waals surface area (Å²) in [4.78, 5) is 17.7. The Morgan fingerprint density at radius 2 is 2.06 bits per heavy atom. The zero-order valence-electron chi connectivity index (χ0n) is 17.4. The van der Waals surface area contributed by atoms with Gasteiger partial charge >= 0.3 is 5.97 Å². The van der Waals surface area contributed by atoms with Crippen molar-refractivity contribution in [3.05, 3.63) is 64.5 Å². The van der Waals surface area contributed by atoms with Gasteiger partial charge in [-0.15, -0.1) is 0 Å². The summed E-state index contributed by atoms with van der Waals surface area (Å²) in [6.07, 6.45) is 2.68. The summed E-state index contributed by atoms with van der Waals surface area (Å²) in [6.45, 7) is 3.78. The number of ether oxygens (including phenoxy) is 1. The number of halogens is 1. The second kappa shape index (κ2) is 9.43. The standard InChI is InChI=1S/C24H25ClN2O4/c1-16-20(26-24(31-16)17-7-9-18(25)10-8-17)12-15-30-22-6-2-5-21-19(22)4-3-13-27(21)14-11-23(28)29/h2,5-10H,3-4,11-15H2,1H3,(H,28,29). The van der Waals surface area contributed by atoms with Crippen LogP contribution in [-0.2, 0) is 17.6 Å². The largest absolute Gasteiger partial charge is 0.493 e. The fourth-order valence-electron chi connectivity index (χ4n) is 3.90. The number of oxazole rings is 1. The molecular weight excluding hydrogens is 416 g/mol. The van der Waals surface area contributed by atoms with Gasteiger partial charge in [0.25, 0.3) is 0 Å². The van der Waals surface area contributed by atoms with E-state index in [1.54, 1.807) is 0 Å². The lowest BCUT2D eigenvalue weighted by Gasteiger charge is -2.32. The van der Waals surface area contributed by atoms with Crippen molar-refractivity contribution < 1.29 is 19.1 Å². The Labute approximate surface area is 186 Å². The number of benzene rings is 2. The number of rotatable bonds is 8. The molecule has 0 radical (unpaired) electrons. The molecule has 0 bridgehead atoms. The molecule has 0 amide bonds. The molecule has 2 aromatic carbocycles. The fourth-order valence-corrected chi connectivity index (χ4v) is 4.03. The molecule has 0 saturated heterocycles. The van der Waals surface area contributed by atoms with Crippen LogP contribution in [0.5, 0.6) is 5.75 Å². The Kier molecular flexibility index (Phi) is 6.47. The van der Waals surface area contributed by atoms with Gasteiger partial charge in [-0.2, -0.15) is 0 Å². The molecule has 31 heavy (non-hydrogen) atoms. The zero-order valence-corrected chi connectivity index (χ0v) is 18.2. The van der Waals surface area contributed by atoms with E-state index < -0.39 is 5.97 Å². The summed E-state index contributed by atoms with van der Waals surface area (Å²) in [5.74, 6) is 1.44. The molecular formula is C24H25ClN2O4. The lowest BCUT2D eigenvalue weighted by molar-refractivity contribution is -0.136. The SMILES string of the molecule is Cc1oc(-c2ccc(Cl)cc2)nc1CCOc1cccc2c1CCCN2CCC(=O)O. The highest BCUT2D eigenvalue weighted by molar-refractivity contribution is 6.30. The molecule has 0 fully saturated rings. The number of nitrogens with zero attached hydrogens (tertiary/aromatic N) is 2. The molecule has 1 aliphatic heterocycles. The first-order chi connectivity index (χ1) is 15.0. The third-order valence-corrected chi connectivity index (χ3v) is 5.73. The van der Waals surface area contributed by atoms with Crippen molar-refractivity contribution in [3.8, 4) is 17.2 Å². The first-order valence-electron chi connectivity index (χ1n) is 10.4. The van der Waals surface area contributed by atoms with Gasteiger partial charge in [0.05, 0.1) is 18.7 Å². The molecule has 1 aliphatic rings. The molecule has 0 spiro atoms. The van der Waals surface area contributed by atoms with Crippen LogP contribution in [0.3, 0.4) is 0 Å². The first-order valence-corrected chi connectivity index (χ1v) is 10.8. The highest BCUT2D eigenvalue weighted by Crippen LogP contribution is 2.34. The predicted molar refractivity (Wildman–Crippen MR) is 120 cm³/mol. The van der Waals surface area contributed by atoms with Crippen LogP contribution in [0.15, 0.2) is 46.9 Å². The summed E-state index contributed by atoms with van der Waals surface area (Å²) in [5.41, 5.74) is 3.99. The van der Waals surface area contributed by atoms with Crippen LogP contribution < -0.4 is 9.64 Å². The minimum Gasteiger partial charge on any atom is -0.493 e. The van der Waals surface area contributed by atoms with Crippen LogP contribution in [-0.4, -0.2) is 35.8 Å². The number of carbonyl (C=O) groups is 1. The minimum absolute atomic E-state index is 0.131. The average Bonchev–Trinajstić information content (AvgIpc) is 3.13. The van der Waals surface area contributed by atoms with Gasteiger partial charge in [-0.05, 0) is 56.2 Å². The summed E-state index contributed by atoms with van der Waals surface area (Å²) in [7, 11) is 0. The van der Waals surface area contributed by atoms with E-state index >= 15 is 0 Å². The van der Waals surface area contributed by atoms with Gasteiger partial charge in [0.2, 0.25) is 5.89 Å². The average molecular weight is 441 g/mol. The minimum atomic E-state index is -0.777. The van der Waals surface area contributed by atoms with E-state index in [0.717, 1.165) is 53.4 Å². The number of fused-ring (bicyclic) bond motifs is 1. The van der Waals surface area contributed by atoms with Crippen LogP contribution in [0.2, 0.25) is 5.02 Å². The van der Waals surface area contributed by atoms with Crippen molar-refractivity contribution in [2.45, 2.75) is 32.6 Å². The third-order valence-electron chi connectivity index (χ3n) is 5.48. The van der Waals surface area contributed by atoms with Crippen LogP contribution in [0.4, 0.5) is 5.69 Å². The van der Waals surface area contributed by atoms with E-state index in [-0.39, 0.29) is 6.42 Å². The maximum Gasteiger partial charge on any atom is 0.305 e. The summed E-state index contributed by atoms with van der Waals surface area (Å²) in [5, 5.41) is 9.68. The number of aromatic nitrogens is 1. The number of hydrogen-bond donors (Lipinski definition) is 1. The topological polar surface area (TPSA) is 75.8 Å². The van der Waals surface area contributed by atoms with E-state index in [1.807, 2.05) is 49.4 Å². The molecule has 6 nitrogen and oxygen atoms in total. The highest BCUT2D eigenvalue weighted by atomic mass is 35.5. The van der Waals surface area contributed by atoms with Crippen molar-refractivity contribution in [1.29, 1.82) is 0 Å². The molecule has 0 atom stereocenters. The maximum atomic E-state index is 11.0. The summed E-state index contributed by atoms with van der Waals surface area (Å²) < 4.78 is 12.0. The molecule has 4 rings (SSSR count). The molecule has 0 aliphatic carbocycles. The van der Waals surface area contributed by atoms with Gasteiger partial charge < -0.3 is 19.2 Å². The number of carboxylic acids is 1. The molecule has 1 aromatic heterocycles. The second-order valence-electron chi connectivity index (χ2n) is 7.62. The lowest BCUT2D eigenvalue weighted by atomic mass is 10.0. The van der Waals surface area contributed by atoms with Crippen molar-refractivity contribution >= 4 is 23.3 Å². The van der Waals surface area contributed by atoms with Gasteiger partial charge in [-0.3, -0.25) is 4.79 Å². The molecule has 3 aromatic rings. The Morgan fingerprint density at radius 3 is 2.84 bits per heavy atom. The van der Waals surface area contributed by atoms with Crippen molar-refractivity contribution in [2.75, 3.05) is 24.6 Å². The Bertz CT molecular complexity index is 1060. The molecule has 0 saturated carbocycles. The van der Waals surface area contributed by atoms with Crippen LogP contribution in [0.25, 0.3) is 11.5 Å². The number of aryl methyl sites for hydroxylation is 1. The summed E-state index contributed by atoms with van der Waals surface area (Å²) >= 11 is 5.96. The molecule has 2 heterocycles. The quantitative estimate of drug-likeness (QED) is 0.522. The number of aliphatic carboxylic acids is 1. The van der Waals surface area contributed by atoms with Gasteiger partial charge in [0.15, 0.2) is 0 Å². The van der Waals surface area contributed by atoms with E-state index in [4.69, 9.17) is 25.9 Å². The fraction of sp³-hybridized carbons (Fsp3) is 0.333. The van der Waals surface area contributed by atoms with Crippen molar-refractivity contribution in [3.63, 3.8) is 0 Å². The molecule has 1 N–H and O–H groups in total. The zero-order chi connectivity index (χ0) is 21.8. The van der Waals surface area contributed by atoms with Crippen LogP contribution >= 0.6 is 11.6 Å². The normalized spacial score (nSPS) is 13.2. The van der Waals surface area contributed by atoms with Gasteiger partial charge in [0, 0.05) is 41.3 Å². The Morgan fingerprint density at radius 1 is 1.26 bits per heavy atom. The van der Waals surface area contributed by atoms with Crippen LogP contribution in [0.1, 0.15) is 29.9 Å². The van der Waals surface area contributed by atoms with Gasteiger partial charge in [-0.1, -0.05) is 17.7 Å². The number of carboxylic acid groups (broad SMARTS) is 1. The van der Waals surface area contributed by atoms with Gasteiger partial charge in [-0.25, -0.2) is 4.98 Å². The monoisotopic (exact) mass is 440 g/mol. The highest BCUT2D eigenvalue weighted by Gasteiger charge is 2.21. The Hall–Kier alpha value is -2.99. The number of hydrogen-bond acceptors (Lipinski definition) is 5. The Balaban J connectivity index is 1.42. The van der Waals surface area contributed by atoms with E-state index in [9.17, 15) is 4.79 Å². The molecule has 162 valence electrons.